The highest BCUT2D eigenvalue weighted by atomic mass is 16.5. The molecule has 0 aromatic heterocycles. The Morgan fingerprint density at radius 1 is 1.21 bits per heavy atom. The molecule has 0 aromatic rings. The van der Waals surface area contributed by atoms with Crippen molar-refractivity contribution in [3.8, 4) is 0 Å². The first-order valence-electron chi connectivity index (χ1n) is 9.52. The lowest BCUT2D eigenvalue weighted by molar-refractivity contribution is -0.137. The predicted octanol–water partition coefficient (Wildman–Crippen LogP) is 1.61. The van der Waals surface area contributed by atoms with Crippen LogP contribution >= 0.6 is 0 Å². The molecule has 3 heterocycles. The van der Waals surface area contributed by atoms with Crippen molar-refractivity contribution < 1.29 is 9.53 Å². The fourth-order valence-corrected chi connectivity index (χ4v) is 4.84. The van der Waals surface area contributed by atoms with Gasteiger partial charge < -0.3 is 9.64 Å². The lowest BCUT2D eigenvalue weighted by Crippen LogP contribution is -2.59. The van der Waals surface area contributed by atoms with Gasteiger partial charge in [-0.15, -0.1) is 0 Å². The number of hydrogen-bond donors (Lipinski definition) is 1. The van der Waals surface area contributed by atoms with Gasteiger partial charge in [0, 0.05) is 24.1 Å². The highest BCUT2D eigenvalue weighted by molar-refractivity contribution is 6.00. The summed E-state index contributed by atoms with van der Waals surface area (Å²) in [7, 11) is 0. The lowest BCUT2D eigenvalue weighted by Gasteiger charge is -2.43. The van der Waals surface area contributed by atoms with Gasteiger partial charge in [0.25, 0.3) is 5.91 Å². The quantitative estimate of drug-likeness (QED) is 0.852. The zero-order valence-electron chi connectivity index (χ0n) is 14.0. The van der Waals surface area contributed by atoms with E-state index in [1.807, 2.05) is 4.90 Å². The summed E-state index contributed by atoms with van der Waals surface area (Å²) in [6.07, 6.45) is 8.21. The molecule has 0 radical (unpaired) electrons. The van der Waals surface area contributed by atoms with Gasteiger partial charge in [-0.05, 0) is 50.4 Å². The SMILES string of the molecule is O=C1C2NN=C(C3(C4CC4)CC3)N2C2=C(COCC2)N1CC1CC1. The fourth-order valence-electron chi connectivity index (χ4n) is 4.84. The van der Waals surface area contributed by atoms with Crippen LogP contribution in [0.15, 0.2) is 16.5 Å². The molecule has 0 aromatic carbocycles. The van der Waals surface area contributed by atoms with Crippen LogP contribution in [0.4, 0.5) is 0 Å². The normalized spacial score (nSPS) is 33.9. The smallest absolute Gasteiger partial charge is 0.272 e. The topological polar surface area (TPSA) is 57.2 Å². The Morgan fingerprint density at radius 2 is 2.04 bits per heavy atom. The van der Waals surface area contributed by atoms with Crippen LogP contribution in [-0.4, -0.2) is 47.5 Å². The summed E-state index contributed by atoms with van der Waals surface area (Å²) >= 11 is 0. The molecular weight excluding hydrogens is 304 g/mol. The van der Waals surface area contributed by atoms with E-state index in [9.17, 15) is 4.79 Å². The van der Waals surface area contributed by atoms with Crippen molar-refractivity contribution in [3.05, 3.63) is 11.4 Å². The van der Waals surface area contributed by atoms with Crippen LogP contribution in [0.3, 0.4) is 0 Å². The van der Waals surface area contributed by atoms with Crippen LogP contribution < -0.4 is 5.43 Å². The maximum Gasteiger partial charge on any atom is 0.272 e. The van der Waals surface area contributed by atoms with Crippen molar-refractivity contribution in [1.29, 1.82) is 0 Å². The van der Waals surface area contributed by atoms with Crippen molar-refractivity contribution in [1.82, 2.24) is 15.2 Å². The highest BCUT2D eigenvalue weighted by Crippen LogP contribution is 2.63. The predicted molar refractivity (Wildman–Crippen MR) is 87.5 cm³/mol. The molecule has 6 heteroatoms. The van der Waals surface area contributed by atoms with E-state index in [4.69, 9.17) is 9.84 Å². The molecule has 3 fully saturated rings. The Hall–Kier alpha value is -1.56. The first-order chi connectivity index (χ1) is 11.8. The van der Waals surface area contributed by atoms with Gasteiger partial charge in [0.15, 0.2) is 0 Å². The Kier molecular flexibility index (Phi) is 2.59. The van der Waals surface area contributed by atoms with Gasteiger partial charge in [-0.2, -0.15) is 5.10 Å². The summed E-state index contributed by atoms with van der Waals surface area (Å²) in [6, 6.07) is 0. The van der Waals surface area contributed by atoms with Gasteiger partial charge in [-0.25, -0.2) is 0 Å². The summed E-state index contributed by atoms with van der Waals surface area (Å²) in [5, 5.41) is 4.72. The molecule has 24 heavy (non-hydrogen) atoms. The van der Waals surface area contributed by atoms with E-state index in [2.05, 4.69) is 10.3 Å². The molecule has 1 amide bonds. The van der Waals surface area contributed by atoms with E-state index >= 15 is 0 Å². The third kappa shape index (κ3) is 1.80. The first kappa shape index (κ1) is 13.7. The van der Waals surface area contributed by atoms with Crippen LogP contribution in [0.25, 0.3) is 0 Å². The molecule has 6 aliphatic rings. The van der Waals surface area contributed by atoms with Crippen molar-refractivity contribution in [3.63, 3.8) is 0 Å². The Morgan fingerprint density at radius 3 is 2.75 bits per heavy atom. The fraction of sp³-hybridized carbons (Fsp3) is 0.778. The van der Waals surface area contributed by atoms with Crippen molar-refractivity contribution in [2.75, 3.05) is 19.8 Å². The monoisotopic (exact) mass is 328 g/mol. The van der Waals surface area contributed by atoms with Gasteiger partial charge >= 0.3 is 0 Å². The molecule has 1 N–H and O–H groups in total. The number of carbonyl (C=O) groups is 1. The summed E-state index contributed by atoms with van der Waals surface area (Å²) < 4.78 is 5.73. The minimum atomic E-state index is -0.313. The second-order valence-electron chi connectivity index (χ2n) is 8.36. The van der Waals surface area contributed by atoms with Crippen molar-refractivity contribution in [2.45, 2.75) is 51.1 Å². The molecule has 6 rings (SSSR count). The molecule has 128 valence electrons. The summed E-state index contributed by atoms with van der Waals surface area (Å²) in [5.74, 6) is 2.79. The number of nitrogens with one attached hydrogen (secondary N) is 1. The number of nitrogens with zero attached hydrogens (tertiary/aromatic N) is 3. The zero-order chi connectivity index (χ0) is 15.9. The Labute approximate surface area is 141 Å². The largest absolute Gasteiger partial charge is 0.375 e. The second kappa shape index (κ2) is 4.54. The van der Waals surface area contributed by atoms with Gasteiger partial charge in [0.05, 0.1) is 18.9 Å². The second-order valence-corrected chi connectivity index (χ2v) is 8.36. The molecule has 0 saturated heterocycles. The number of fused-ring (bicyclic) bond motifs is 2. The van der Waals surface area contributed by atoms with E-state index in [0.29, 0.717) is 12.5 Å². The molecule has 1 atom stereocenters. The van der Waals surface area contributed by atoms with E-state index in [0.717, 1.165) is 37.0 Å². The number of ether oxygens (including phenoxy) is 1. The van der Waals surface area contributed by atoms with Gasteiger partial charge in [0.1, 0.15) is 5.84 Å². The maximum atomic E-state index is 13.2. The van der Waals surface area contributed by atoms with E-state index < -0.39 is 0 Å². The molecule has 0 spiro atoms. The molecule has 3 saturated carbocycles. The van der Waals surface area contributed by atoms with Crippen LogP contribution in [0.1, 0.15) is 44.9 Å². The van der Waals surface area contributed by atoms with Crippen LogP contribution in [0.2, 0.25) is 0 Å². The number of hydrogen-bond acceptors (Lipinski definition) is 5. The lowest BCUT2D eigenvalue weighted by atomic mass is 9.95. The van der Waals surface area contributed by atoms with Crippen LogP contribution in [0, 0.1) is 17.3 Å². The van der Waals surface area contributed by atoms with Gasteiger partial charge in [0.2, 0.25) is 6.17 Å². The van der Waals surface area contributed by atoms with Gasteiger partial charge in [-0.1, -0.05) is 0 Å². The number of amidine groups is 1. The number of amides is 1. The minimum absolute atomic E-state index is 0.163. The minimum Gasteiger partial charge on any atom is -0.375 e. The van der Waals surface area contributed by atoms with E-state index in [1.165, 1.54) is 44.2 Å². The molecular formula is C18H24N4O2. The number of carbonyl (C=O) groups excluding carboxylic acids is 1. The van der Waals surface area contributed by atoms with E-state index in [-0.39, 0.29) is 17.5 Å². The Bertz CT molecular complexity index is 673. The third-order valence-corrected chi connectivity index (χ3v) is 6.68. The molecule has 6 nitrogen and oxygen atoms in total. The van der Waals surface area contributed by atoms with Crippen LogP contribution in [0.5, 0.6) is 0 Å². The van der Waals surface area contributed by atoms with E-state index in [1.54, 1.807) is 0 Å². The third-order valence-electron chi connectivity index (χ3n) is 6.68. The summed E-state index contributed by atoms with van der Waals surface area (Å²) in [6.45, 7) is 2.17. The van der Waals surface area contributed by atoms with Gasteiger partial charge in [-0.3, -0.25) is 15.1 Å². The number of rotatable bonds is 4. The average molecular weight is 328 g/mol. The van der Waals surface area contributed by atoms with Crippen molar-refractivity contribution in [2.24, 2.45) is 22.4 Å². The molecule has 3 aliphatic carbocycles. The van der Waals surface area contributed by atoms with Crippen LogP contribution in [-0.2, 0) is 9.53 Å². The average Bonchev–Trinajstić information content (AvgIpc) is 3.44. The molecule has 1 unspecified atom stereocenters. The maximum absolute atomic E-state index is 13.2. The standard InChI is InChI=1S/C18H24N4O2/c23-16-15-19-20-17(18(6-7-18)12-3-4-12)22(15)13-5-8-24-10-14(13)21(16)9-11-1-2-11/h11-12,15,19H,1-10H2. The first-order valence-corrected chi connectivity index (χ1v) is 9.52. The zero-order valence-corrected chi connectivity index (χ0v) is 14.0. The van der Waals surface area contributed by atoms with Crippen molar-refractivity contribution >= 4 is 11.7 Å². The molecule has 3 aliphatic heterocycles. The summed E-state index contributed by atoms with van der Waals surface area (Å²) in [4.78, 5) is 17.4. The summed E-state index contributed by atoms with van der Waals surface area (Å²) in [5.41, 5.74) is 5.85. The number of hydrazone groups is 1. The molecule has 0 bridgehead atoms. The highest BCUT2D eigenvalue weighted by Gasteiger charge is 2.62. The Balaban J connectivity index is 1.41.